The van der Waals surface area contributed by atoms with Gasteiger partial charge in [0.25, 0.3) is 10.0 Å². The van der Waals surface area contributed by atoms with Crippen LogP contribution in [0.5, 0.6) is 0 Å². The first kappa shape index (κ1) is 14.0. The van der Waals surface area contributed by atoms with E-state index in [-0.39, 0.29) is 16.5 Å². The van der Waals surface area contributed by atoms with Crippen LogP contribution < -0.4 is 4.72 Å². The topological polar surface area (TPSA) is 87.8 Å². The SMILES string of the molecule is CCC(CC#N)NS(=O)(=O)c1c(Cl)cnn1C. The molecule has 0 fully saturated rings. The highest BCUT2D eigenvalue weighted by atomic mass is 35.5. The Morgan fingerprint density at radius 3 is 2.76 bits per heavy atom. The van der Waals surface area contributed by atoms with Gasteiger partial charge in [-0.05, 0) is 6.42 Å². The molecule has 1 heterocycles. The number of aromatic nitrogens is 2. The van der Waals surface area contributed by atoms with Crippen molar-refractivity contribution >= 4 is 21.6 Å². The first-order valence-electron chi connectivity index (χ1n) is 4.99. The van der Waals surface area contributed by atoms with Crippen molar-refractivity contribution in [2.75, 3.05) is 0 Å². The standard InChI is InChI=1S/C9H13ClN4O2S/c1-3-7(4-5-11)13-17(15,16)9-8(10)6-12-14(9)2/h6-7,13H,3-4H2,1-2H3. The lowest BCUT2D eigenvalue weighted by Gasteiger charge is -2.14. The van der Waals surface area contributed by atoms with E-state index in [1.54, 1.807) is 6.92 Å². The molecule has 17 heavy (non-hydrogen) atoms. The molecule has 94 valence electrons. The summed E-state index contributed by atoms with van der Waals surface area (Å²) in [5.74, 6) is 0. The van der Waals surface area contributed by atoms with Gasteiger partial charge in [-0.15, -0.1) is 0 Å². The minimum absolute atomic E-state index is 0.0619. The second kappa shape index (κ2) is 5.49. The Balaban J connectivity index is 3.01. The predicted octanol–water partition coefficient (Wildman–Crippen LogP) is 1.04. The van der Waals surface area contributed by atoms with Gasteiger partial charge in [0.15, 0.2) is 5.03 Å². The Hall–Kier alpha value is -1.10. The number of sulfonamides is 1. The number of nitrogens with zero attached hydrogens (tertiary/aromatic N) is 3. The summed E-state index contributed by atoms with van der Waals surface area (Å²) in [6, 6.07) is 1.51. The summed E-state index contributed by atoms with van der Waals surface area (Å²) in [7, 11) is -2.25. The Morgan fingerprint density at radius 1 is 1.71 bits per heavy atom. The fourth-order valence-electron chi connectivity index (χ4n) is 1.36. The van der Waals surface area contributed by atoms with Crippen LogP contribution in [0.25, 0.3) is 0 Å². The zero-order valence-corrected chi connectivity index (χ0v) is 11.1. The first-order valence-corrected chi connectivity index (χ1v) is 6.85. The lowest BCUT2D eigenvalue weighted by Crippen LogP contribution is -2.35. The molecule has 0 aliphatic heterocycles. The molecule has 0 saturated heterocycles. The molecule has 0 saturated carbocycles. The molecule has 1 rings (SSSR count). The molecule has 0 radical (unpaired) electrons. The van der Waals surface area contributed by atoms with Gasteiger partial charge in [-0.3, -0.25) is 4.68 Å². The molecule has 0 aliphatic rings. The third-order valence-electron chi connectivity index (χ3n) is 2.25. The Kier molecular flexibility index (Phi) is 4.51. The average Bonchev–Trinajstić information content (AvgIpc) is 2.58. The van der Waals surface area contributed by atoms with Crippen LogP contribution in [0, 0.1) is 11.3 Å². The lowest BCUT2D eigenvalue weighted by molar-refractivity contribution is 0.530. The Bertz CT molecular complexity index is 512. The molecule has 6 nitrogen and oxygen atoms in total. The van der Waals surface area contributed by atoms with Gasteiger partial charge in [0, 0.05) is 13.1 Å². The van der Waals surface area contributed by atoms with E-state index in [9.17, 15) is 8.42 Å². The van der Waals surface area contributed by atoms with Gasteiger partial charge < -0.3 is 0 Å². The number of rotatable bonds is 5. The Morgan fingerprint density at radius 2 is 2.35 bits per heavy atom. The maximum absolute atomic E-state index is 12.0. The number of nitriles is 1. The van der Waals surface area contributed by atoms with Gasteiger partial charge in [0.05, 0.1) is 23.7 Å². The van der Waals surface area contributed by atoms with E-state index in [2.05, 4.69) is 9.82 Å². The summed E-state index contributed by atoms with van der Waals surface area (Å²) < 4.78 is 27.6. The monoisotopic (exact) mass is 276 g/mol. The fourth-order valence-corrected chi connectivity index (χ4v) is 3.33. The van der Waals surface area contributed by atoms with Crippen LogP contribution in [-0.2, 0) is 17.1 Å². The summed E-state index contributed by atoms with van der Waals surface area (Å²) in [4.78, 5) is 0. The molecule has 0 bridgehead atoms. The predicted molar refractivity (Wildman–Crippen MR) is 62.8 cm³/mol. The molecule has 1 N–H and O–H groups in total. The van der Waals surface area contributed by atoms with Crippen molar-refractivity contribution < 1.29 is 8.42 Å². The van der Waals surface area contributed by atoms with Crippen molar-refractivity contribution in [1.29, 1.82) is 5.26 Å². The van der Waals surface area contributed by atoms with Crippen LogP contribution >= 0.6 is 11.6 Å². The number of halogens is 1. The zero-order valence-electron chi connectivity index (χ0n) is 9.51. The molecule has 8 heteroatoms. The Labute approximate surface area is 105 Å². The summed E-state index contributed by atoms with van der Waals surface area (Å²) in [6.07, 6.45) is 1.91. The third-order valence-corrected chi connectivity index (χ3v) is 4.27. The van der Waals surface area contributed by atoms with Crippen LogP contribution in [0.1, 0.15) is 19.8 Å². The van der Waals surface area contributed by atoms with Crippen molar-refractivity contribution in [2.24, 2.45) is 7.05 Å². The normalized spacial score (nSPS) is 13.3. The molecule has 1 unspecified atom stereocenters. The van der Waals surface area contributed by atoms with Crippen molar-refractivity contribution in [2.45, 2.75) is 30.8 Å². The van der Waals surface area contributed by atoms with E-state index in [1.807, 2.05) is 6.07 Å². The molecule has 0 spiro atoms. The summed E-state index contributed by atoms with van der Waals surface area (Å²) >= 11 is 5.77. The van der Waals surface area contributed by atoms with Crippen LogP contribution in [0.15, 0.2) is 11.2 Å². The van der Waals surface area contributed by atoms with Crippen molar-refractivity contribution in [3.63, 3.8) is 0 Å². The highest BCUT2D eigenvalue weighted by Crippen LogP contribution is 2.20. The zero-order chi connectivity index (χ0) is 13.1. The molecule has 1 aromatic rings. The summed E-state index contributed by atoms with van der Waals surface area (Å²) in [6.45, 7) is 1.80. The van der Waals surface area contributed by atoms with Crippen LogP contribution in [0.4, 0.5) is 0 Å². The summed E-state index contributed by atoms with van der Waals surface area (Å²) in [5.41, 5.74) is 0. The minimum atomic E-state index is -3.74. The third kappa shape index (κ3) is 3.19. The molecule has 1 aromatic heterocycles. The van der Waals surface area contributed by atoms with E-state index in [0.29, 0.717) is 6.42 Å². The minimum Gasteiger partial charge on any atom is -0.255 e. The van der Waals surface area contributed by atoms with Gasteiger partial charge in [0.1, 0.15) is 0 Å². The van der Waals surface area contributed by atoms with Gasteiger partial charge in [0.2, 0.25) is 0 Å². The van der Waals surface area contributed by atoms with Crippen LogP contribution in [0.2, 0.25) is 5.02 Å². The number of aryl methyl sites for hydroxylation is 1. The van der Waals surface area contributed by atoms with E-state index in [4.69, 9.17) is 16.9 Å². The van der Waals surface area contributed by atoms with Crippen molar-refractivity contribution in [1.82, 2.24) is 14.5 Å². The second-order valence-electron chi connectivity index (χ2n) is 3.51. The van der Waals surface area contributed by atoms with Gasteiger partial charge in [-0.1, -0.05) is 18.5 Å². The molecular weight excluding hydrogens is 264 g/mol. The molecule has 0 aliphatic carbocycles. The highest BCUT2D eigenvalue weighted by molar-refractivity contribution is 7.89. The largest absolute Gasteiger partial charge is 0.259 e. The molecule has 0 aromatic carbocycles. The lowest BCUT2D eigenvalue weighted by atomic mass is 10.2. The van der Waals surface area contributed by atoms with E-state index in [0.717, 1.165) is 0 Å². The van der Waals surface area contributed by atoms with E-state index in [1.165, 1.54) is 17.9 Å². The van der Waals surface area contributed by atoms with Crippen LogP contribution in [0.3, 0.4) is 0 Å². The van der Waals surface area contributed by atoms with Crippen LogP contribution in [-0.4, -0.2) is 24.2 Å². The van der Waals surface area contributed by atoms with Gasteiger partial charge in [-0.25, -0.2) is 13.1 Å². The number of hydrogen-bond acceptors (Lipinski definition) is 4. The molecule has 0 amide bonds. The fraction of sp³-hybridized carbons (Fsp3) is 0.556. The van der Waals surface area contributed by atoms with E-state index < -0.39 is 16.1 Å². The molecular formula is C9H13ClN4O2S. The maximum atomic E-state index is 12.0. The summed E-state index contributed by atoms with van der Waals surface area (Å²) in [5, 5.41) is 12.3. The van der Waals surface area contributed by atoms with Gasteiger partial charge in [-0.2, -0.15) is 10.4 Å². The first-order chi connectivity index (χ1) is 7.92. The average molecular weight is 277 g/mol. The second-order valence-corrected chi connectivity index (χ2v) is 5.55. The number of nitrogens with one attached hydrogen (secondary N) is 1. The smallest absolute Gasteiger partial charge is 0.255 e. The van der Waals surface area contributed by atoms with E-state index >= 15 is 0 Å². The number of hydrogen-bond donors (Lipinski definition) is 1. The quantitative estimate of drug-likeness (QED) is 0.870. The maximum Gasteiger partial charge on any atom is 0.259 e. The van der Waals surface area contributed by atoms with Crippen molar-refractivity contribution in [3.8, 4) is 6.07 Å². The van der Waals surface area contributed by atoms with Gasteiger partial charge >= 0.3 is 0 Å². The molecule has 1 atom stereocenters. The highest BCUT2D eigenvalue weighted by Gasteiger charge is 2.25. The van der Waals surface area contributed by atoms with Crippen molar-refractivity contribution in [3.05, 3.63) is 11.2 Å².